The molecule has 2 heterocycles. The van der Waals surface area contributed by atoms with Crippen molar-refractivity contribution in [3.63, 3.8) is 0 Å². The minimum Gasteiger partial charge on any atom is -0.354 e. The SMILES string of the molecule is Cc1nn(CCCNC(=O)Cn2nc(C(F)F)c(Cl)c2C(F)F)c(Cl)c1Cl. The Bertz CT molecular complexity index is 824. The van der Waals surface area contributed by atoms with Crippen molar-refractivity contribution in [2.24, 2.45) is 0 Å². The lowest BCUT2D eigenvalue weighted by molar-refractivity contribution is -0.121. The Morgan fingerprint density at radius 2 is 1.74 bits per heavy atom. The highest BCUT2D eigenvalue weighted by molar-refractivity contribution is 6.41. The molecule has 0 atom stereocenters. The summed E-state index contributed by atoms with van der Waals surface area (Å²) in [5.74, 6) is -0.683. The van der Waals surface area contributed by atoms with Crippen molar-refractivity contribution in [2.75, 3.05) is 6.54 Å². The minimum atomic E-state index is -3.15. The minimum absolute atomic E-state index is 0.173. The average Bonchev–Trinajstić information content (AvgIpc) is 3.03. The molecule has 2 aromatic heterocycles. The summed E-state index contributed by atoms with van der Waals surface area (Å²) in [6, 6.07) is 0. The molecule has 0 aromatic carbocycles. The predicted molar refractivity (Wildman–Crippen MR) is 91.8 cm³/mol. The first kappa shape index (κ1) is 21.8. The number of aryl methyl sites for hydroxylation is 2. The van der Waals surface area contributed by atoms with E-state index >= 15 is 0 Å². The number of carbonyl (C=O) groups is 1. The maximum Gasteiger partial charge on any atom is 0.283 e. The molecule has 0 aliphatic carbocycles. The monoisotopic (exact) mass is 449 g/mol. The second-order valence-corrected chi connectivity index (χ2v) is 6.57. The molecule has 13 heteroatoms. The zero-order valence-corrected chi connectivity index (χ0v) is 16.1. The van der Waals surface area contributed by atoms with Gasteiger partial charge in [0.1, 0.15) is 28.1 Å². The summed E-state index contributed by atoms with van der Waals surface area (Å²) in [6.07, 6.45) is -5.86. The van der Waals surface area contributed by atoms with Gasteiger partial charge < -0.3 is 5.32 Å². The highest BCUT2D eigenvalue weighted by atomic mass is 35.5. The number of nitrogens with zero attached hydrogens (tertiary/aromatic N) is 4. The first-order valence-electron chi connectivity index (χ1n) is 7.61. The van der Waals surface area contributed by atoms with Crippen LogP contribution in [0.3, 0.4) is 0 Å². The largest absolute Gasteiger partial charge is 0.354 e. The molecule has 0 saturated heterocycles. The van der Waals surface area contributed by atoms with E-state index < -0.39 is 41.7 Å². The first-order valence-corrected chi connectivity index (χ1v) is 8.74. The lowest BCUT2D eigenvalue weighted by atomic mass is 10.3. The molecule has 1 amide bonds. The maximum absolute atomic E-state index is 13.0. The Balaban J connectivity index is 1.92. The van der Waals surface area contributed by atoms with Gasteiger partial charge in [0.05, 0.1) is 10.7 Å². The molecule has 0 radical (unpaired) electrons. The van der Waals surface area contributed by atoms with Crippen LogP contribution in [-0.4, -0.2) is 32.0 Å². The van der Waals surface area contributed by atoms with E-state index in [0.29, 0.717) is 28.4 Å². The van der Waals surface area contributed by atoms with Crippen LogP contribution in [0, 0.1) is 6.92 Å². The van der Waals surface area contributed by atoms with Crippen LogP contribution in [-0.2, 0) is 17.9 Å². The van der Waals surface area contributed by atoms with Crippen LogP contribution in [0.15, 0.2) is 0 Å². The predicted octanol–water partition coefficient (Wildman–Crippen LogP) is 4.43. The molecule has 1 N–H and O–H groups in total. The van der Waals surface area contributed by atoms with Gasteiger partial charge in [0.2, 0.25) is 5.91 Å². The molecule has 27 heavy (non-hydrogen) atoms. The Morgan fingerprint density at radius 3 is 2.26 bits per heavy atom. The third kappa shape index (κ3) is 5.05. The van der Waals surface area contributed by atoms with Crippen LogP contribution in [0.1, 0.15) is 36.4 Å². The number of hydrogen-bond donors (Lipinski definition) is 1. The molecule has 150 valence electrons. The van der Waals surface area contributed by atoms with Crippen LogP contribution in [0.2, 0.25) is 15.2 Å². The molecule has 2 aromatic rings. The Labute approximate surface area is 166 Å². The van der Waals surface area contributed by atoms with E-state index in [0.717, 1.165) is 0 Å². The lowest BCUT2D eigenvalue weighted by Gasteiger charge is -2.08. The number of rotatable bonds is 8. The number of hydrogen-bond acceptors (Lipinski definition) is 3. The third-order valence-corrected chi connectivity index (χ3v) is 4.85. The van der Waals surface area contributed by atoms with E-state index in [1.807, 2.05) is 0 Å². The van der Waals surface area contributed by atoms with Crippen LogP contribution in [0.5, 0.6) is 0 Å². The summed E-state index contributed by atoms with van der Waals surface area (Å²) in [6.45, 7) is 1.56. The molecule has 0 fully saturated rings. The molecule has 0 spiro atoms. The molecule has 0 saturated carbocycles. The van der Waals surface area contributed by atoms with Crippen molar-refractivity contribution in [3.8, 4) is 0 Å². The first-order chi connectivity index (χ1) is 12.6. The van der Waals surface area contributed by atoms with Crippen molar-refractivity contribution < 1.29 is 22.4 Å². The zero-order valence-electron chi connectivity index (χ0n) is 13.8. The van der Waals surface area contributed by atoms with Gasteiger partial charge in [-0.25, -0.2) is 17.6 Å². The molecule has 0 aliphatic heterocycles. The van der Waals surface area contributed by atoms with Gasteiger partial charge in [0.15, 0.2) is 0 Å². The summed E-state index contributed by atoms with van der Waals surface area (Å²) in [7, 11) is 0. The molecular weight excluding hydrogens is 437 g/mol. The molecule has 2 rings (SSSR count). The number of alkyl halides is 4. The van der Waals surface area contributed by atoms with Gasteiger partial charge in [-0.3, -0.25) is 14.2 Å². The van der Waals surface area contributed by atoms with E-state index in [9.17, 15) is 22.4 Å². The van der Waals surface area contributed by atoms with Gasteiger partial charge >= 0.3 is 0 Å². The molecule has 0 unspecified atom stereocenters. The molecule has 6 nitrogen and oxygen atoms in total. The van der Waals surface area contributed by atoms with Gasteiger partial charge in [-0.1, -0.05) is 34.8 Å². The number of nitrogens with one attached hydrogen (secondary N) is 1. The molecule has 0 bridgehead atoms. The quantitative estimate of drug-likeness (QED) is 0.478. The zero-order chi connectivity index (χ0) is 20.3. The van der Waals surface area contributed by atoms with Crippen molar-refractivity contribution in [1.82, 2.24) is 24.9 Å². The van der Waals surface area contributed by atoms with E-state index in [2.05, 4.69) is 15.5 Å². The summed E-state index contributed by atoms with van der Waals surface area (Å²) in [5.41, 5.74) is -1.34. The fourth-order valence-corrected chi connectivity index (χ4v) is 2.96. The second kappa shape index (κ2) is 9.11. The fourth-order valence-electron chi connectivity index (χ4n) is 2.27. The number of amides is 1. The van der Waals surface area contributed by atoms with Crippen molar-refractivity contribution in [2.45, 2.75) is 39.3 Å². The van der Waals surface area contributed by atoms with Crippen molar-refractivity contribution in [3.05, 3.63) is 32.3 Å². The van der Waals surface area contributed by atoms with Crippen LogP contribution >= 0.6 is 34.8 Å². The van der Waals surface area contributed by atoms with Crippen LogP contribution in [0.25, 0.3) is 0 Å². The number of halogens is 7. The molecular formula is C14H14Cl3F4N5O. The lowest BCUT2D eigenvalue weighted by Crippen LogP contribution is -2.30. The van der Waals surface area contributed by atoms with E-state index in [1.165, 1.54) is 4.68 Å². The molecule has 0 aliphatic rings. The van der Waals surface area contributed by atoms with Gasteiger partial charge in [0, 0.05) is 13.1 Å². The summed E-state index contributed by atoms with van der Waals surface area (Å²) >= 11 is 17.4. The normalized spacial score (nSPS) is 11.6. The summed E-state index contributed by atoms with van der Waals surface area (Å²) < 4.78 is 53.5. The van der Waals surface area contributed by atoms with E-state index in [-0.39, 0.29) is 11.7 Å². The Morgan fingerprint density at radius 1 is 1.07 bits per heavy atom. The van der Waals surface area contributed by atoms with E-state index in [1.54, 1.807) is 6.92 Å². The smallest absolute Gasteiger partial charge is 0.283 e. The van der Waals surface area contributed by atoms with Crippen LogP contribution < -0.4 is 5.32 Å². The van der Waals surface area contributed by atoms with Gasteiger partial charge in [-0.15, -0.1) is 0 Å². The van der Waals surface area contributed by atoms with Gasteiger partial charge in [0.25, 0.3) is 12.9 Å². The highest BCUT2D eigenvalue weighted by Gasteiger charge is 2.28. The second-order valence-electron chi connectivity index (χ2n) is 5.46. The van der Waals surface area contributed by atoms with Crippen molar-refractivity contribution in [1.29, 1.82) is 0 Å². The summed E-state index contributed by atoms with van der Waals surface area (Å²) in [5, 5.41) is 9.67. The fraction of sp³-hybridized carbons (Fsp3) is 0.500. The van der Waals surface area contributed by atoms with Gasteiger partial charge in [-0.2, -0.15) is 10.2 Å². The van der Waals surface area contributed by atoms with Crippen molar-refractivity contribution >= 4 is 40.7 Å². The summed E-state index contributed by atoms with van der Waals surface area (Å²) in [4.78, 5) is 11.9. The highest BCUT2D eigenvalue weighted by Crippen LogP contribution is 2.34. The standard InChI is InChI=1S/C14H14Cl3F4N5O/c1-6-8(15)12(17)25(23-6)4-2-3-22-7(27)5-26-11(14(20)21)9(16)10(24-26)13(18)19/h13-14H,2-5H2,1H3,(H,22,27). The average molecular weight is 451 g/mol. The number of carbonyl (C=O) groups excluding carboxylic acids is 1. The topological polar surface area (TPSA) is 64.7 Å². The Hall–Kier alpha value is -1.52. The third-order valence-electron chi connectivity index (χ3n) is 3.53. The van der Waals surface area contributed by atoms with E-state index in [4.69, 9.17) is 34.8 Å². The maximum atomic E-state index is 13.0. The Kier molecular flexibility index (Phi) is 7.35. The van der Waals surface area contributed by atoms with Gasteiger partial charge in [-0.05, 0) is 13.3 Å². The van der Waals surface area contributed by atoms with Crippen LogP contribution in [0.4, 0.5) is 17.6 Å². The number of aromatic nitrogens is 4.